The summed E-state index contributed by atoms with van der Waals surface area (Å²) in [6, 6.07) is 3.49. The second-order valence-electron chi connectivity index (χ2n) is 6.39. The van der Waals surface area contributed by atoms with Gasteiger partial charge in [0.15, 0.2) is 5.82 Å². The average Bonchev–Trinajstić information content (AvgIpc) is 3.07. The van der Waals surface area contributed by atoms with Gasteiger partial charge in [0.05, 0.1) is 29.8 Å². The molecule has 1 unspecified atom stereocenters. The molecule has 0 saturated carbocycles. The van der Waals surface area contributed by atoms with E-state index in [1.165, 1.54) is 12.4 Å². The summed E-state index contributed by atoms with van der Waals surface area (Å²) in [5.74, 6) is -1.96. The summed E-state index contributed by atoms with van der Waals surface area (Å²) >= 11 is 0. The smallest absolute Gasteiger partial charge is 0.232 e. The molecule has 10 heteroatoms. The Hall–Kier alpha value is -2.72. The molecule has 0 aliphatic rings. The Balaban J connectivity index is 2.05. The third-order valence-electron chi connectivity index (χ3n) is 4.28. The maximum absolute atomic E-state index is 15.0. The molecule has 2 aromatic heterocycles. The van der Waals surface area contributed by atoms with Crippen LogP contribution in [0.25, 0.3) is 11.0 Å². The van der Waals surface area contributed by atoms with Crippen LogP contribution < -0.4 is 9.46 Å². The molecule has 0 amide bonds. The number of hydrogen-bond donors (Lipinski definition) is 3. The minimum atomic E-state index is -3.79. The summed E-state index contributed by atoms with van der Waals surface area (Å²) in [5, 5.41) is 11.2. The van der Waals surface area contributed by atoms with Crippen molar-refractivity contribution in [2.45, 2.75) is 26.4 Å². The number of sulfonamides is 1. The standard InChI is InChI=1S/C19H21F2N3O4S/c1-3-7-29(26,27)24-15-6-5-14(20)16(17(15)21)18(25)13-10-23-19-12(13)8-11(9-22-19)28-4-2/h5-6,8-10,18,24-25H,3-4,7H2,1-2H3,(H,22,23). The number of halogens is 2. The van der Waals surface area contributed by atoms with E-state index < -0.39 is 39.0 Å². The van der Waals surface area contributed by atoms with Gasteiger partial charge in [-0.3, -0.25) is 4.72 Å². The molecule has 0 spiro atoms. The number of aliphatic hydroxyl groups excluding tert-OH is 1. The van der Waals surface area contributed by atoms with Crippen LogP contribution in [0.15, 0.2) is 30.6 Å². The number of aromatic amines is 1. The van der Waals surface area contributed by atoms with Gasteiger partial charge >= 0.3 is 0 Å². The van der Waals surface area contributed by atoms with Crippen LogP contribution in [-0.4, -0.2) is 35.9 Å². The molecule has 3 aromatic rings. The topological polar surface area (TPSA) is 104 Å². The highest BCUT2D eigenvalue weighted by atomic mass is 32.2. The molecule has 7 nitrogen and oxygen atoms in total. The lowest BCUT2D eigenvalue weighted by Crippen LogP contribution is -2.18. The van der Waals surface area contributed by atoms with Gasteiger partial charge in [-0.05, 0) is 31.5 Å². The number of anilines is 1. The fourth-order valence-corrected chi connectivity index (χ4v) is 4.15. The Morgan fingerprint density at radius 3 is 2.76 bits per heavy atom. The predicted molar refractivity (Wildman–Crippen MR) is 105 cm³/mol. The van der Waals surface area contributed by atoms with Crippen molar-refractivity contribution >= 4 is 26.7 Å². The first-order valence-electron chi connectivity index (χ1n) is 9.03. The van der Waals surface area contributed by atoms with Gasteiger partial charge in [0.2, 0.25) is 10.0 Å². The molecule has 29 heavy (non-hydrogen) atoms. The zero-order valence-corrected chi connectivity index (χ0v) is 16.7. The second kappa shape index (κ2) is 8.34. The molecule has 0 saturated heterocycles. The van der Waals surface area contributed by atoms with Crippen LogP contribution in [0.1, 0.15) is 37.5 Å². The Labute approximate surface area is 166 Å². The molecular formula is C19H21F2N3O4S. The summed E-state index contributed by atoms with van der Waals surface area (Å²) in [6.45, 7) is 3.86. The highest BCUT2D eigenvalue weighted by Gasteiger charge is 2.26. The van der Waals surface area contributed by atoms with E-state index in [0.717, 1.165) is 12.1 Å². The van der Waals surface area contributed by atoms with Gasteiger partial charge in [0, 0.05) is 17.1 Å². The number of nitrogens with zero attached hydrogens (tertiary/aromatic N) is 1. The number of H-pyrrole nitrogens is 1. The van der Waals surface area contributed by atoms with Gasteiger partial charge in [0.25, 0.3) is 0 Å². The van der Waals surface area contributed by atoms with Crippen LogP contribution in [0, 0.1) is 11.6 Å². The lowest BCUT2D eigenvalue weighted by Gasteiger charge is -2.16. The largest absolute Gasteiger partial charge is 0.492 e. The van der Waals surface area contributed by atoms with Crippen molar-refractivity contribution in [1.82, 2.24) is 9.97 Å². The van der Waals surface area contributed by atoms with Crippen LogP contribution in [0.2, 0.25) is 0 Å². The van der Waals surface area contributed by atoms with Crippen LogP contribution in [0.4, 0.5) is 14.5 Å². The van der Waals surface area contributed by atoms with E-state index in [1.54, 1.807) is 19.9 Å². The monoisotopic (exact) mass is 425 g/mol. The minimum Gasteiger partial charge on any atom is -0.492 e. The molecule has 0 bridgehead atoms. The molecular weight excluding hydrogens is 404 g/mol. The van der Waals surface area contributed by atoms with Crippen LogP contribution in [0.3, 0.4) is 0 Å². The zero-order chi connectivity index (χ0) is 21.2. The molecule has 1 atom stereocenters. The average molecular weight is 425 g/mol. The van der Waals surface area contributed by atoms with E-state index in [9.17, 15) is 22.3 Å². The maximum Gasteiger partial charge on any atom is 0.232 e. The normalized spacial score (nSPS) is 12.9. The number of pyridine rings is 1. The molecule has 156 valence electrons. The highest BCUT2D eigenvalue weighted by molar-refractivity contribution is 7.92. The lowest BCUT2D eigenvalue weighted by atomic mass is 10.00. The fraction of sp³-hybridized carbons (Fsp3) is 0.316. The lowest BCUT2D eigenvalue weighted by molar-refractivity contribution is 0.211. The van der Waals surface area contributed by atoms with Crippen molar-refractivity contribution in [3.8, 4) is 5.75 Å². The van der Waals surface area contributed by atoms with Gasteiger partial charge < -0.3 is 14.8 Å². The van der Waals surface area contributed by atoms with Crippen LogP contribution in [0.5, 0.6) is 5.75 Å². The Morgan fingerprint density at radius 2 is 2.07 bits per heavy atom. The summed E-state index contributed by atoms with van der Waals surface area (Å²) in [6.07, 6.45) is 1.52. The second-order valence-corrected chi connectivity index (χ2v) is 8.23. The highest BCUT2D eigenvalue weighted by Crippen LogP contribution is 2.35. The molecule has 0 radical (unpaired) electrons. The third-order valence-corrected chi connectivity index (χ3v) is 5.76. The van der Waals surface area contributed by atoms with Crippen LogP contribution >= 0.6 is 0 Å². The number of aromatic nitrogens is 2. The van der Waals surface area contributed by atoms with E-state index >= 15 is 0 Å². The molecule has 2 heterocycles. The third kappa shape index (κ3) is 4.33. The van der Waals surface area contributed by atoms with Crippen molar-refractivity contribution in [3.63, 3.8) is 0 Å². The van der Waals surface area contributed by atoms with Crippen molar-refractivity contribution in [2.75, 3.05) is 17.1 Å². The van der Waals surface area contributed by atoms with Gasteiger partial charge in [-0.15, -0.1) is 0 Å². The van der Waals surface area contributed by atoms with E-state index in [0.29, 0.717) is 29.8 Å². The number of aliphatic hydroxyl groups is 1. The molecule has 0 fully saturated rings. The molecule has 3 rings (SSSR count). The number of hydrogen-bond acceptors (Lipinski definition) is 5. The van der Waals surface area contributed by atoms with E-state index in [2.05, 4.69) is 14.7 Å². The summed E-state index contributed by atoms with van der Waals surface area (Å²) < 4.78 is 60.8. The molecule has 0 aliphatic heterocycles. The van der Waals surface area contributed by atoms with Crippen molar-refractivity contribution in [1.29, 1.82) is 0 Å². The first-order chi connectivity index (χ1) is 13.8. The van der Waals surface area contributed by atoms with Crippen LogP contribution in [-0.2, 0) is 10.0 Å². The maximum atomic E-state index is 15.0. The zero-order valence-electron chi connectivity index (χ0n) is 15.9. The number of rotatable bonds is 8. The first-order valence-corrected chi connectivity index (χ1v) is 10.7. The fourth-order valence-electron chi connectivity index (χ4n) is 3.02. The Bertz CT molecular complexity index is 1130. The van der Waals surface area contributed by atoms with Crippen molar-refractivity contribution < 1.29 is 27.0 Å². The van der Waals surface area contributed by atoms with Gasteiger partial charge in [-0.1, -0.05) is 6.92 Å². The Morgan fingerprint density at radius 1 is 1.31 bits per heavy atom. The van der Waals surface area contributed by atoms with Gasteiger partial charge in [-0.25, -0.2) is 22.2 Å². The first kappa shape index (κ1) is 21.0. The van der Waals surface area contributed by atoms with Crippen molar-refractivity contribution in [2.24, 2.45) is 0 Å². The predicted octanol–water partition coefficient (Wildman–Crippen LogP) is 3.47. The Kier molecular flexibility index (Phi) is 6.04. The van der Waals surface area contributed by atoms with Gasteiger partial charge in [0.1, 0.15) is 23.3 Å². The quantitative estimate of drug-likeness (QED) is 0.513. The summed E-state index contributed by atoms with van der Waals surface area (Å²) in [5.41, 5.74) is -0.505. The molecule has 0 aliphatic carbocycles. The van der Waals surface area contributed by atoms with Gasteiger partial charge in [-0.2, -0.15) is 0 Å². The van der Waals surface area contributed by atoms with E-state index in [1.807, 2.05) is 0 Å². The number of fused-ring (bicyclic) bond motifs is 1. The van der Waals surface area contributed by atoms with E-state index in [4.69, 9.17) is 4.74 Å². The summed E-state index contributed by atoms with van der Waals surface area (Å²) in [7, 11) is -3.79. The minimum absolute atomic E-state index is 0.181. The molecule has 3 N–H and O–H groups in total. The summed E-state index contributed by atoms with van der Waals surface area (Å²) in [4.78, 5) is 6.99. The number of ether oxygens (including phenoxy) is 1. The van der Waals surface area contributed by atoms with E-state index in [-0.39, 0.29) is 11.3 Å². The number of nitrogens with one attached hydrogen (secondary N) is 2. The molecule has 1 aromatic carbocycles. The number of benzene rings is 1. The van der Waals surface area contributed by atoms with Crippen molar-refractivity contribution in [3.05, 3.63) is 53.4 Å². The SMILES string of the molecule is CCCS(=O)(=O)Nc1ccc(F)c(C(O)c2c[nH]c3ncc(OCC)cc23)c1F.